The molecule has 4 rings (SSSR count). The van der Waals surface area contributed by atoms with Crippen molar-refractivity contribution in [2.24, 2.45) is 0 Å². The summed E-state index contributed by atoms with van der Waals surface area (Å²) in [4.78, 5) is 29.4. The zero-order valence-corrected chi connectivity index (χ0v) is 20.3. The maximum atomic E-state index is 13.7. The van der Waals surface area contributed by atoms with Crippen molar-refractivity contribution in [1.29, 1.82) is 0 Å². The van der Waals surface area contributed by atoms with Gasteiger partial charge in [-0.1, -0.05) is 24.3 Å². The zero-order chi connectivity index (χ0) is 26.4. The molecule has 0 bridgehead atoms. The number of carbonyl (C=O) groups excluding carboxylic acids is 2. The Balaban J connectivity index is 1.42. The number of halogens is 3. The van der Waals surface area contributed by atoms with Crippen LogP contribution in [0.25, 0.3) is 11.1 Å². The summed E-state index contributed by atoms with van der Waals surface area (Å²) >= 11 is 0. The lowest BCUT2D eigenvalue weighted by atomic mass is 10.0. The van der Waals surface area contributed by atoms with Crippen molar-refractivity contribution in [3.63, 3.8) is 0 Å². The largest absolute Gasteiger partial charge is 0.416 e. The number of hydrogen-bond acceptors (Lipinski definition) is 5. The summed E-state index contributed by atoms with van der Waals surface area (Å²) in [6.45, 7) is 2.12. The minimum absolute atomic E-state index is 0.0520. The summed E-state index contributed by atoms with van der Waals surface area (Å²) in [5.41, 5.74) is 1.81. The highest BCUT2D eigenvalue weighted by Crippen LogP contribution is 2.34. The van der Waals surface area contributed by atoms with Crippen molar-refractivity contribution in [1.82, 2.24) is 4.98 Å². The Hall–Kier alpha value is -3.56. The van der Waals surface area contributed by atoms with Gasteiger partial charge in [0.05, 0.1) is 18.6 Å². The van der Waals surface area contributed by atoms with Gasteiger partial charge in [-0.3, -0.25) is 14.6 Å². The molecule has 1 atom stereocenters. The van der Waals surface area contributed by atoms with Crippen LogP contribution in [-0.2, 0) is 27.1 Å². The number of ether oxygens (including phenoxy) is 2. The Kier molecular flexibility index (Phi) is 8.35. The lowest BCUT2D eigenvalue weighted by Gasteiger charge is -2.23. The molecule has 1 aliphatic rings. The Labute approximate surface area is 212 Å². The molecule has 1 aromatic heterocycles. The van der Waals surface area contributed by atoms with E-state index in [1.807, 2.05) is 25.1 Å². The van der Waals surface area contributed by atoms with E-state index in [1.165, 1.54) is 12.1 Å². The minimum Gasteiger partial charge on any atom is -0.353 e. The van der Waals surface area contributed by atoms with E-state index in [2.05, 4.69) is 10.3 Å². The molecule has 1 unspecified atom stereocenters. The number of Topliss-reactive ketones (excluding diaryl/α,β-unsaturated/α-hetero) is 1. The molecule has 1 fully saturated rings. The van der Waals surface area contributed by atoms with Gasteiger partial charge in [0.2, 0.25) is 5.91 Å². The Morgan fingerprint density at radius 3 is 2.62 bits per heavy atom. The molecule has 37 heavy (non-hydrogen) atoms. The molecule has 3 aromatic rings. The molecule has 0 aliphatic carbocycles. The molecule has 0 radical (unpaired) electrons. The summed E-state index contributed by atoms with van der Waals surface area (Å²) in [7, 11) is 0. The topological polar surface area (TPSA) is 77.5 Å². The van der Waals surface area contributed by atoms with Crippen molar-refractivity contribution in [2.45, 2.75) is 51.7 Å². The monoisotopic (exact) mass is 512 g/mol. The van der Waals surface area contributed by atoms with E-state index in [9.17, 15) is 22.8 Å². The molecule has 6 nitrogen and oxygen atoms in total. The number of aromatic nitrogens is 1. The number of anilines is 1. The Morgan fingerprint density at radius 1 is 1.08 bits per heavy atom. The molecular weight excluding hydrogens is 485 g/mol. The third kappa shape index (κ3) is 7.24. The van der Waals surface area contributed by atoms with E-state index in [0.29, 0.717) is 18.6 Å². The minimum atomic E-state index is -4.64. The molecule has 1 saturated heterocycles. The molecule has 0 saturated carbocycles. The van der Waals surface area contributed by atoms with Crippen LogP contribution in [-0.4, -0.2) is 29.6 Å². The van der Waals surface area contributed by atoms with Gasteiger partial charge in [-0.25, -0.2) is 0 Å². The van der Waals surface area contributed by atoms with E-state index in [-0.39, 0.29) is 17.9 Å². The Bertz CT molecular complexity index is 1270. The molecular formula is C28H27F3N2O4. The number of nitrogens with one attached hydrogen (secondary N) is 1. The number of hydrogen-bond donors (Lipinski definition) is 1. The number of nitrogens with zero attached hydrogens (tertiary/aromatic N) is 1. The van der Waals surface area contributed by atoms with Gasteiger partial charge >= 0.3 is 6.18 Å². The van der Waals surface area contributed by atoms with E-state index >= 15 is 0 Å². The number of amides is 1. The third-order valence-electron chi connectivity index (χ3n) is 6.00. The summed E-state index contributed by atoms with van der Waals surface area (Å²) in [5, 5.41) is 2.41. The second kappa shape index (κ2) is 11.7. The van der Waals surface area contributed by atoms with Crippen LogP contribution in [0.2, 0.25) is 0 Å². The van der Waals surface area contributed by atoms with E-state index < -0.39 is 36.1 Å². The average molecular weight is 513 g/mol. The van der Waals surface area contributed by atoms with Gasteiger partial charge in [0.25, 0.3) is 0 Å². The molecule has 1 aliphatic heterocycles. The molecule has 194 valence electrons. The second-order valence-corrected chi connectivity index (χ2v) is 8.89. The van der Waals surface area contributed by atoms with Gasteiger partial charge in [0.15, 0.2) is 12.1 Å². The first-order valence-electron chi connectivity index (χ1n) is 12.0. The molecule has 0 spiro atoms. The van der Waals surface area contributed by atoms with Gasteiger partial charge < -0.3 is 14.8 Å². The fourth-order valence-corrected chi connectivity index (χ4v) is 4.12. The molecule has 2 heterocycles. The van der Waals surface area contributed by atoms with Gasteiger partial charge in [0.1, 0.15) is 0 Å². The number of carbonyl (C=O) groups is 2. The first-order valence-corrected chi connectivity index (χ1v) is 12.0. The highest BCUT2D eigenvalue weighted by Gasteiger charge is 2.34. The van der Waals surface area contributed by atoms with Crippen molar-refractivity contribution in [3.8, 4) is 11.1 Å². The number of pyridine rings is 1. The summed E-state index contributed by atoms with van der Waals surface area (Å²) in [5.74, 6) is -1.15. The van der Waals surface area contributed by atoms with Crippen LogP contribution in [0.1, 0.15) is 52.9 Å². The SMILES string of the molecule is Cc1cc(-c2cccc(C(=O)CC(=O)Nc3ccc(COC4CCCCO4)c(C(F)(F)F)c3)c2)ccn1. The first kappa shape index (κ1) is 26.5. The van der Waals surface area contributed by atoms with Gasteiger partial charge in [-0.05, 0) is 73.2 Å². The van der Waals surface area contributed by atoms with Crippen LogP contribution >= 0.6 is 0 Å². The maximum absolute atomic E-state index is 13.7. The van der Waals surface area contributed by atoms with Crippen molar-refractivity contribution < 1.29 is 32.2 Å². The quantitative estimate of drug-likeness (QED) is 0.282. The highest BCUT2D eigenvalue weighted by molar-refractivity contribution is 6.11. The number of aryl methyl sites for hydroxylation is 1. The van der Waals surface area contributed by atoms with E-state index in [1.54, 1.807) is 24.4 Å². The smallest absolute Gasteiger partial charge is 0.353 e. The van der Waals surface area contributed by atoms with Crippen molar-refractivity contribution in [3.05, 3.63) is 83.2 Å². The van der Waals surface area contributed by atoms with Crippen molar-refractivity contribution >= 4 is 17.4 Å². The lowest BCUT2D eigenvalue weighted by Crippen LogP contribution is -2.23. The molecule has 2 aromatic carbocycles. The molecule has 1 N–H and O–H groups in total. The highest BCUT2D eigenvalue weighted by atomic mass is 19.4. The van der Waals surface area contributed by atoms with Crippen LogP contribution in [0.5, 0.6) is 0 Å². The summed E-state index contributed by atoms with van der Waals surface area (Å²) in [6.07, 6.45) is -1.58. The van der Waals surface area contributed by atoms with Crippen LogP contribution in [0.4, 0.5) is 18.9 Å². The average Bonchev–Trinajstić information content (AvgIpc) is 2.88. The zero-order valence-electron chi connectivity index (χ0n) is 20.3. The fourth-order valence-electron chi connectivity index (χ4n) is 4.12. The predicted molar refractivity (Wildman–Crippen MR) is 132 cm³/mol. The Morgan fingerprint density at radius 2 is 1.89 bits per heavy atom. The van der Waals surface area contributed by atoms with Crippen LogP contribution < -0.4 is 5.32 Å². The summed E-state index contributed by atoms with van der Waals surface area (Å²) in [6, 6.07) is 14.0. The number of ketones is 1. The normalized spacial score (nSPS) is 15.8. The summed E-state index contributed by atoms with van der Waals surface area (Å²) < 4.78 is 52.1. The van der Waals surface area contributed by atoms with E-state index in [4.69, 9.17) is 9.47 Å². The predicted octanol–water partition coefficient (Wildman–Crippen LogP) is 6.33. The van der Waals surface area contributed by atoms with Crippen LogP contribution in [0, 0.1) is 6.92 Å². The first-order chi connectivity index (χ1) is 17.7. The fraction of sp³-hybridized carbons (Fsp3) is 0.321. The van der Waals surface area contributed by atoms with Gasteiger partial charge in [-0.2, -0.15) is 13.2 Å². The van der Waals surface area contributed by atoms with Crippen LogP contribution in [0.3, 0.4) is 0 Å². The van der Waals surface area contributed by atoms with E-state index in [0.717, 1.165) is 35.7 Å². The second-order valence-electron chi connectivity index (χ2n) is 8.89. The standard InChI is InChI=1S/C28H27F3N2O4/c1-18-13-20(10-11-32-18)19-5-4-6-21(14-19)25(34)16-26(35)33-23-9-8-22(24(15-23)28(29,30)31)17-37-27-7-2-3-12-36-27/h4-6,8-11,13-15,27H,2-3,7,12,16-17H2,1H3,(H,33,35). The lowest BCUT2D eigenvalue weighted by molar-refractivity contribution is -0.171. The van der Waals surface area contributed by atoms with Gasteiger partial charge in [-0.15, -0.1) is 0 Å². The van der Waals surface area contributed by atoms with Crippen molar-refractivity contribution in [2.75, 3.05) is 11.9 Å². The number of benzene rings is 2. The molecule has 1 amide bonds. The number of rotatable bonds is 8. The third-order valence-corrected chi connectivity index (χ3v) is 6.00. The number of alkyl halides is 3. The maximum Gasteiger partial charge on any atom is 0.416 e. The van der Waals surface area contributed by atoms with Crippen LogP contribution in [0.15, 0.2) is 60.8 Å². The molecule has 9 heteroatoms. The van der Waals surface area contributed by atoms with Gasteiger partial charge in [0, 0.05) is 29.7 Å².